The van der Waals surface area contributed by atoms with Crippen molar-refractivity contribution in [1.82, 2.24) is 10.6 Å². The summed E-state index contributed by atoms with van der Waals surface area (Å²) in [7, 11) is 1.44. The monoisotopic (exact) mass is 363 g/mol. The molecule has 5 N–H and O–H groups in total. The Kier molecular flexibility index (Phi) is 14.7. The first-order chi connectivity index (χ1) is 12.0. The molecule has 0 aromatic rings. The van der Waals surface area contributed by atoms with Crippen LogP contribution in [0, 0.1) is 0 Å². The molecule has 0 saturated carbocycles. The zero-order valence-electron chi connectivity index (χ0n) is 14.6. The number of ether oxygens (including phenoxy) is 3. The lowest BCUT2D eigenvalue weighted by Gasteiger charge is -2.08. The zero-order valence-corrected chi connectivity index (χ0v) is 14.6. The van der Waals surface area contributed by atoms with E-state index in [4.69, 9.17) is 20.3 Å². The fourth-order valence-corrected chi connectivity index (χ4v) is 1.72. The predicted octanol–water partition coefficient (Wildman–Crippen LogP) is -1.52. The van der Waals surface area contributed by atoms with E-state index in [2.05, 4.69) is 15.4 Å². The Morgan fingerprint density at radius 1 is 0.960 bits per heavy atom. The van der Waals surface area contributed by atoms with Gasteiger partial charge in [-0.25, -0.2) is 0 Å². The third-order valence-corrected chi connectivity index (χ3v) is 3.03. The fraction of sp³-hybridized carbons (Fsp3) is 0.800. The van der Waals surface area contributed by atoms with Crippen molar-refractivity contribution < 1.29 is 33.7 Å². The fourth-order valence-electron chi connectivity index (χ4n) is 1.72. The van der Waals surface area contributed by atoms with E-state index in [9.17, 15) is 14.4 Å². The first-order valence-corrected chi connectivity index (χ1v) is 8.13. The van der Waals surface area contributed by atoms with E-state index in [1.54, 1.807) is 0 Å². The summed E-state index contributed by atoms with van der Waals surface area (Å²) in [6, 6.07) is -0.854. The van der Waals surface area contributed by atoms with E-state index in [1.807, 2.05) is 0 Å². The summed E-state index contributed by atoms with van der Waals surface area (Å²) < 4.78 is 15.0. The lowest BCUT2D eigenvalue weighted by atomic mass is 10.1. The van der Waals surface area contributed by atoms with Gasteiger partial charge in [-0.2, -0.15) is 0 Å². The number of unbranched alkanes of at least 4 members (excludes halogenated alkanes) is 1. The molecule has 0 heterocycles. The minimum atomic E-state index is -1.02. The van der Waals surface area contributed by atoms with Crippen molar-refractivity contribution in [3.63, 3.8) is 0 Å². The molecule has 0 unspecified atom stereocenters. The van der Waals surface area contributed by atoms with Crippen molar-refractivity contribution in [1.29, 1.82) is 0 Å². The maximum absolute atomic E-state index is 11.5. The number of hydrogen-bond acceptors (Lipinski definition) is 7. The number of nitrogens with one attached hydrogen (secondary N) is 2. The molecule has 0 aromatic heterocycles. The number of nitrogens with two attached hydrogens (primary N) is 1. The molecule has 0 saturated heterocycles. The second-order valence-electron chi connectivity index (χ2n) is 5.24. The SMILES string of the molecule is COCC(=O)NCCOCCOCC(=O)NCCCC[C@H](N)C(=O)O. The molecular formula is C15H29N3O7. The van der Waals surface area contributed by atoms with E-state index in [1.165, 1.54) is 7.11 Å². The molecule has 0 spiro atoms. The highest BCUT2D eigenvalue weighted by Crippen LogP contribution is 1.98. The number of amides is 2. The van der Waals surface area contributed by atoms with E-state index >= 15 is 0 Å². The molecule has 0 aliphatic rings. The Hall–Kier alpha value is -1.75. The summed E-state index contributed by atoms with van der Waals surface area (Å²) in [5.41, 5.74) is 5.37. The molecule has 0 fully saturated rings. The van der Waals surface area contributed by atoms with Crippen molar-refractivity contribution in [2.45, 2.75) is 25.3 Å². The molecule has 2 amide bonds. The second-order valence-corrected chi connectivity index (χ2v) is 5.24. The summed E-state index contributed by atoms with van der Waals surface area (Å²) in [5, 5.41) is 13.9. The highest BCUT2D eigenvalue weighted by atomic mass is 16.5. The van der Waals surface area contributed by atoms with Crippen LogP contribution in [0.15, 0.2) is 0 Å². The van der Waals surface area contributed by atoms with Gasteiger partial charge in [-0.05, 0) is 19.3 Å². The van der Waals surface area contributed by atoms with E-state index in [-0.39, 0.29) is 31.6 Å². The van der Waals surface area contributed by atoms with Gasteiger partial charge in [0.25, 0.3) is 0 Å². The molecule has 10 heteroatoms. The number of aliphatic carboxylic acids is 1. The molecular weight excluding hydrogens is 334 g/mol. The lowest BCUT2D eigenvalue weighted by molar-refractivity contribution is -0.138. The van der Waals surface area contributed by atoms with Gasteiger partial charge in [0.1, 0.15) is 19.3 Å². The Morgan fingerprint density at radius 3 is 2.28 bits per heavy atom. The van der Waals surface area contributed by atoms with Gasteiger partial charge in [0.15, 0.2) is 0 Å². The van der Waals surface area contributed by atoms with Crippen molar-refractivity contribution >= 4 is 17.8 Å². The maximum atomic E-state index is 11.5. The summed E-state index contributed by atoms with van der Waals surface area (Å²) in [5.74, 6) is -1.46. The topological polar surface area (TPSA) is 149 Å². The second kappa shape index (κ2) is 15.8. The van der Waals surface area contributed by atoms with Crippen LogP contribution in [0.5, 0.6) is 0 Å². The van der Waals surface area contributed by atoms with E-state index in [0.29, 0.717) is 45.6 Å². The summed E-state index contributed by atoms with van der Waals surface area (Å²) in [6.45, 7) is 1.73. The average Bonchev–Trinajstić information content (AvgIpc) is 2.56. The van der Waals surface area contributed by atoms with Gasteiger partial charge >= 0.3 is 5.97 Å². The van der Waals surface area contributed by atoms with Crippen LogP contribution in [0.1, 0.15) is 19.3 Å². The predicted molar refractivity (Wildman–Crippen MR) is 89.0 cm³/mol. The van der Waals surface area contributed by atoms with Gasteiger partial charge < -0.3 is 35.7 Å². The Morgan fingerprint density at radius 2 is 1.60 bits per heavy atom. The summed E-state index contributed by atoms with van der Waals surface area (Å²) in [4.78, 5) is 33.0. The maximum Gasteiger partial charge on any atom is 0.320 e. The molecule has 10 nitrogen and oxygen atoms in total. The van der Waals surface area contributed by atoms with Crippen LogP contribution < -0.4 is 16.4 Å². The minimum Gasteiger partial charge on any atom is -0.480 e. The van der Waals surface area contributed by atoms with Crippen LogP contribution in [0.3, 0.4) is 0 Å². The number of carbonyl (C=O) groups is 3. The van der Waals surface area contributed by atoms with Crippen LogP contribution in [-0.4, -0.2) is 82.2 Å². The number of carboxylic acids is 1. The average molecular weight is 363 g/mol. The number of hydrogen-bond donors (Lipinski definition) is 4. The van der Waals surface area contributed by atoms with Crippen LogP contribution in [0.2, 0.25) is 0 Å². The molecule has 0 rings (SSSR count). The van der Waals surface area contributed by atoms with E-state index < -0.39 is 12.0 Å². The number of rotatable bonds is 16. The van der Waals surface area contributed by atoms with Crippen LogP contribution in [-0.2, 0) is 28.6 Å². The molecule has 0 radical (unpaired) electrons. The summed E-state index contributed by atoms with van der Waals surface area (Å²) in [6.07, 6.45) is 1.67. The standard InChI is InChI=1S/C15H29N3O7/c1-23-10-13(19)18-6-7-24-8-9-25-11-14(20)17-5-3-2-4-12(16)15(21)22/h12H,2-11,16H2,1H3,(H,17,20)(H,18,19)(H,21,22)/t12-/m0/s1. The third kappa shape index (κ3) is 15.5. The summed E-state index contributed by atoms with van der Waals surface area (Å²) >= 11 is 0. The molecule has 0 bridgehead atoms. The van der Waals surface area contributed by atoms with Crippen molar-refractivity contribution in [3.8, 4) is 0 Å². The quantitative estimate of drug-likeness (QED) is 0.242. The number of methoxy groups -OCH3 is 1. The molecule has 0 aliphatic carbocycles. The van der Waals surface area contributed by atoms with Gasteiger partial charge in [-0.15, -0.1) is 0 Å². The first kappa shape index (κ1) is 23.2. The van der Waals surface area contributed by atoms with Crippen LogP contribution in [0.4, 0.5) is 0 Å². The normalized spacial score (nSPS) is 11.8. The smallest absolute Gasteiger partial charge is 0.320 e. The van der Waals surface area contributed by atoms with Crippen LogP contribution >= 0.6 is 0 Å². The van der Waals surface area contributed by atoms with Crippen molar-refractivity contribution in [2.75, 3.05) is 53.2 Å². The Balaban J connectivity index is 3.33. The van der Waals surface area contributed by atoms with Gasteiger partial charge in [0, 0.05) is 20.2 Å². The first-order valence-electron chi connectivity index (χ1n) is 8.13. The van der Waals surface area contributed by atoms with Gasteiger partial charge in [0.2, 0.25) is 11.8 Å². The molecule has 0 aliphatic heterocycles. The lowest BCUT2D eigenvalue weighted by Crippen LogP contribution is -2.31. The highest BCUT2D eigenvalue weighted by Gasteiger charge is 2.10. The van der Waals surface area contributed by atoms with Gasteiger partial charge in [-0.3, -0.25) is 14.4 Å². The van der Waals surface area contributed by atoms with Crippen LogP contribution in [0.25, 0.3) is 0 Å². The molecule has 25 heavy (non-hydrogen) atoms. The van der Waals surface area contributed by atoms with Crippen molar-refractivity contribution in [2.24, 2.45) is 5.73 Å². The molecule has 0 aromatic carbocycles. The minimum absolute atomic E-state index is 0.0184. The van der Waals surface area contributed by atoms with Crippen molar-refractivity contribution in [3.05, 3.63) is 0 Å². The van der Waals surface area contributed by atoms with Gasteiger partial charge in [-0.1, -0.05) is 0 Å². The highest BCUT2D eigenvalue weighted by molar-refractivity contribution is 5.77. The Bertz CT molecular complexity index is 393. The molecule has 146 valence electrons. The Labute approximate surface area is 147 Å². The van der Waals surface area contributed by atoms with E-state index in [0.717, 1.165) is 0 Å². The largest absolute Gasteiger partial charge is 0.480 e. The third-order valence-electron chi connectivity index (χ3n) is 3.03. The molecule has 1 atom stereocenters. The number of carboxylic acid groups (broad SMARTS) is 1. The van der Waals surface area contributed by atoms with Gasteiger partial charge in [0.05, 0.1) is 19.8 Å². The number of carbonyl (C=O) groups excluding carboxylic acids is 2. The zero-order chi connectivity index (χ0) is 18.9.